The number of rotatable bonds is 8. The normalized spacial score (nSPS) is 13.6. The summed E-state index contributed by atoms with van der Waals surface area (Å²) < 4.78 is 352. The number of nitrogens with zero attached hydrogens (tertiary/aromatic N) is 1. The monoisotopic (exact) mass is 1100 g/mol. The fourth-order valence-electron chi connectivity index (χ4n) is 7.42. The molecule has 0 spiro atoms. The van der Waals surface area contributed by atoms with Gasteiger partial charge in [-0.2, -0.15) is 127 Å². The number of ketones is 1. The van der Waals surface area contributed by atoms with Crippen LogP contribution in [0.4, 0.5) is 111 Å². The van der Waals surface area contributed by atoms with E-state index in [9.17, 15) is 114 Å². The molecule has 0 aliphatic rings. The topological polar surface area (TPSA) is 37.4 Å². The summed E-state index contributed by atoms with van der Waals surface area (Å²) in [6.45, 7) is 0. The molecule has 29 heteroatoms. The van der Waals surface area contributed by atoms with Crippen LogP contribution in [0.1, 0.15) is 54.9 Å². The maximum Gasteiger partial charge on any atom is 0.416 e. The molecular formula is C44H30BF24NO2S. The minimum atomic E-state index is -6.13. The van der Waals surface area contributed by atoms with Crippen molar-refractivity contribution in [3.8, 4) is 0 Å². The van der Waals surface area contributed by atoms with Crippen molar-refractivity contribution in [1.82, 2.24) is 0 Å². The average Bonchev–Trinajstić information content (AvgIpc) is 3.21. The van der Waals surface area contributed by atoms with E-state index in [1.54, 1.807) is 24.6 Å². The number of alkyl halides is 24. The largest absolute Gasteiger partial charge is 0.416 e. The lowest BCUT2D eigenvalue weighted by Crippen LogP contribution is -2.75. The lowest BCUT2D eigenvalue weighted by Gasteiger charge is -2.46. The van der Waals surface area contributed by atoms with Crippen LogP contribution in [-0.2, 0) is 63.6 Å². The number of Topliss-reactive ketones (excluding diaryl/α,β-unsaturated/α-hetero) is 1. The Labute approximate surface area is 397 Å². The van der Waals surface area contributed by atoms with E-state index < -0.39 is 205 Å². The predicted molar refractivity (Wildman–Crippen MR) is 220 cm³/mol. The van der Waals surface area contributed by atoms with Crippen molar-refractivity contribution in [2.24, 2.45) is 0 Å². The average molecular weight is 1100 g/mol. The Morgan fingerprint density at radius 3 is 0.726 bits per heavy atom. The first-order chi connectivity index (χ1) is 32.6. The third kappa shape index (κ3) is 14.5. The van der Waals surface area contributed by atoms with Crippen LogP contribution in [0.2, 0.25) is 0 Å². The summed E-state index contributed by atoms with van der Waals surface area (Å²) in [4.78, 5) is 13.7. The van der Waals surface area contributed by atoms with E-state index >= 15 is 0 Å². The lowest BCUT2D eigenvalue weighted by atomic mass is 9.12. The first kappa shape index (κ1) is 59.7. The Kier molecular flexibility index (Phi) is 16.1. The molecule has 0 atom stereocenters. The van der Waals surface area contributed by atoms with E-state index in [4.69, 9.17) is 0 Å². The third-order valence-corrected chi connectivity index (χ3v) is 11.6. The zero-order valence-corrected chi connectivity index (χ0v) is 37.6. The van der Waals surface area contributed by atoms with E-state index in [2.05, 4.69) is 0 Å². The molecule has 0 saturated heterocycles. The number of halogens is 24. The Balaban J connectivity index is 0.000000613. The molecule has 0 unspecified atom stereocenters. The first-order valence-electron chi connectivity index (χ1n) is 19.6. The summed E-state index contributed by atoms with van der Waals surface area (Å²) in [7, 11) is 1.88. The smallest absolute Gasteiger partial charge is 0.378 e. The van der Waals surface area contributed by atoms with Gasteiger partial charge in [-0.25, -0.2) is 0 Å². The number of hydrogen-bond acceptors (Lipinski definition) is 3. The minimum Gasteiger partial charge on any atom is -0.378 e. The van der Waals surface area contributed by atoms with Gasteiger partial charge in [0.15, 0.2) is 5.75 Å². The van der Waals surface area contributed by atoms with Gasteiger partial charge in [-0.3, -0.25) is 4.79 Å². The fraction of sp³-hybridized carbons (Fsp3) is 0.295. The van der Waals surface area contributed by atoms with Crippen LogP contribution in [0.25, 0.3) is 0 Å². The van der Waals surface area contributed by atoms with E-state index in [1.807, 2.05) is 31.1 Å². The van der Waals surface area contributed by atoms with Crippen molar-refractivity contribution >= 4 is 49.4 Å². The summed E-state index contributed by atoms with van der Waals surface area (Å²) >= 11 is 0. The van der Waals surface area contributed by atoms with Crippen LogP contribution < -0.4 is 26.8 Å². The van der Waals surface area contributed by atoms with Crippen molar-refractivity contribution in [3.63, 3.8) is 0 Å². The van der Waals surface area contributed by atoms with Gasteiger partial charge < -0.3 is 4.90 Å². The van der Waals surface area contributed by atoms with Crippen LogP contribution >= 0.6 is 0 Å². The SMILES string of the molecule is CN(C)c1ccc(C(=O)C[S+](C)(C)=O)cc1.FC(F)(F)c1cc([B-](c2cc(C(F)(F)F)cc(C(F)(F)F)c2)(c2cc(C(F)(F)F)cc(C(F)(F)F)c2)c2cc(C(F)(F)F)cc(C(F)(F)F)c2)cc(C(F)(F)F)c1. The Morgan fingerprint density at radius 1 is 0.384 bits per heavy atom. The van der Waals surface area contributed by atoms with Gasteiger partial charge in [0, 0.05) is 25.3 Å². The molecule has 0 bridgehead atoms. The summed E-state index contributed by atoms with van der Waals surface area (Å²) in [5, 5.41) is 0. The summed E-state index contributed by atoms with van der Waals surface area (Å²) in [6.07, 6.45) is -51.6. The van der Waals surface area contributed by atoms with Crippen molar-refractivity contribution in [3.05, 3.63) is 147 Å². The van der Waals surface area contributed by atoms with Crippen LogP contribution in [0.15, 0.2) is 97.1 Å². The lowest BCUT2D eigenvalue weighted by molar-refractivity contribution is -0.144. The van der Waals surface area contributed by atoms with Gasteiger partial charge in [0.25, 0.3) is 0 Å². The van der Waals surface area contributed by atoms with Crippen LogP contribution in [0.5, 0.6) is 0 Å². The van der Waals surface area contributed by atoms with Gasteiger partial charge in [-0.15, -0.1) is 4.21 Å². The molecule has 0 aliphatic carbocycles. The molecule has 0 N–H and O–H groups in total. The molecule has 0 amide bonds. The molecule has 0 aromatic heterocycles. The number of carbonyl (C=O) groups is 1. The summed E-state index contributed by atoms with van der Waals surface area (Å²) in [5.74, 6) is 0.0641. The molecule has 5 aromatic carbocycles. The second-order valence-electron chi connectivity index (χ2n) is 16.7. The standard InChI is InChI=1S/C32H12BF24.C12H18NO2S/c34-25(35,36)13-1-14(26(37,38)39)6-21(5-13)33(22-7-15(27(40,41)42)2-16(8-22)28(43,44)45,23-9-17(29(46,47)48)3-18(10-23)30(49,50)51)24-11-19(31(52,53)54)4-20(12-24)32(55,56)57;1-13(2)11-7-5-10(6-8-11)12(14)9-16(3,4)15/h1-12H;5-8H,9H2,1-4H3/q-1;+1. The Hall–Kier alpha value is -5.90. The third-order valence-electron chi connectivity index (χ3n) is 10.6. The van der Waals surface area contributed by atoms with Crippen molar-refractivity contribution in [2.75, 3.05) is 37.3 Å². The molecule has 0 aliphatic heterocycles. The molecule has 400 valence electrons. The van der Waals surface area contributed by atoms with E-state index in [0.29, 0.717) is 5.56 Å². The molecule has 3 nitrogen and oxygen atoms in total. The highest BCUT2D eigenvalue weighted by Gasteiger charge is 2.47. The second-order valence-corrected chi connectivity index (χ2v) is 19.8. The molecule has 0 heterocycles. The van der Waals surface area contributed by atoms with E-state index in [1.165, 1.54) is 0 Å². The predicted octanol–water partition coefficient (Wildman–Crippen LogP) is 12.9. The molecule has 5 aromatic rings. The van der Waals surface area contributed by atoms with Gasteiger partial charge in [0.05, 0.1) is 54.4 Å². The number of benzene rings is 5. The Bertz CT molecular complexity index is 2420. The maximum absolute atomic E-state index is 14.2. The highest BCUT2D eigenvalue weighted by atomic mass is 32.2. The maximum atomic E-state index is 14.2. The molecule has 5 rings (SSSR count). The van der Waals surface area contributed by atoms with Crippen molar-refractivity contribution in [1.29, 1.82) is 0 Å². The molecular weight excluding hydrogens is 1070 g/mol. The zero-order valence-electron chi connectivity index (χ0n) is 36.8. The van der Waals surface area contributed by atoms with Crippen LogP contribution in [0, 0.1) is 0 Å². The first-order valence-corrected chi connectivity index (χ1v) is 22.2. The van der Waals surface area contributed by atoms with Crippen LogP contribution in [-0.4, -0.2) is 44.3 Å². The summed E-state index contributed by atoms with van der Waals surface area (Å²) in [6, 6.07) is -1.47. The highest BCUT2D eigenvalue weighted by Crippen LogP contribution is 2.41. The zero-order chi connectivity index (χ0) is 56.3. The van der Waals surface area contributed by atoms with Gasteiger partial charge in [0.1, 0.15) is 18.7 Å². The number of carbonyl (C=O) groups excluding carboxylic acids is 1. The number of hydrogen-bond donors (Lipinski definition) is 0. The molecule has 0 saturated carbocycles. The van der Waals surface area contributed by atoms with Crippen molar-refractivity contribution < 1.29 is 114 Å². The summed E-state index contributed by atoms with van der Waals surface area (Å²) in [5.41, 5.74) is -28.5. The quantitative estimate of drug-likeness (QED) is 0.0673. The second kappa shape index (κ2) is 19.8. The van der Waals surface area contributed by atoms with E-state index in [-0.39, 0.29) is 11.5 Å². The minimum absolute atomic E-state index is 0.0553. The highest BCUT2D eigenvalue weighted by molar-refractivity contribution is 8.02. The van der Waals surface area contributed by atoms with Crippen LogP contribution in [0.3, 0.4) is 0 Å². The van der Waals surface area contributed by atoms with Gasteiger partial charge >= 0.3 is 49.4 Å². The molecule has 0 radical (unpaired) electrons. The van der Waals surface area contributed by atoms with Gasteiger partial charge in [-0.1, -0.05) is 48.5 Å². The fourth-order valence-corrected chi connectivity index (χ4v) is 8.21. The van der Waals surface area contributed by atoms with E-state index in [0.717, 1.165) is 5.69 Å². The Morgan fingerprint density at radius 2 is 0.575 bits per heavy atom. The molecule has 73 heavy (non-hydrogen) atoms. The number of anilines is 1. The van der Waals surface area contributed by atoms with Crippen molar-refractivity contribution in [2.45, 2.75) is 49.4 Å². The molecule has 0 fully saturated rings. The van der Waals surface area contributed by atoms with Gasteiger partial charge in [0.2, 0.25) is 5.78 Å². The van der Waals surface area contributed by atoms with Gasteiger partial charge in [-0.05, 0) is 48.5 Å².